The lowest BCUT2D eigenvalue weighted by atomic mass is 9.79. The first-order valence-corrected chi connectivity index (χ1v) is 20.9. The summed E-state index contributed by atoms with van der Waals surface area (Å²) in [6, 6.07) is -1.10. The Morgan fingerprint density at radius 3 is 2.19 bits per heavy atom. The number of aliphatic hydroxyl groups excluding tert-OH is 2. The zero-order chi connectivity index (χ0) is 42.2. The number of rotatable bonds is 6. The molecule has 13 nitrogen and oxygen atoms in total. The van der Waals surface area contributed by atoms with Gasteiger partial charge in [-0.2, -0.15) is 0 Å². The maximum atomic E-state index is 14.3. The molecule has 13 heteroatoms. The largest absolute Gasteiger partial charge is 0.456 e. The number of piperidine rings is 1. The Hall–Kier alpha value is -2.78. The van der Waals surface area contributed by atoms with Crippen molar-refractivity contribution >= 4 is 23.4 Å². The molecule has 3 fully saturated rings. The van der Waals surface area contributed by atoms with Crippen LogP contribution in [0.5, 0.6) is 0 Å². The molecule has 0 radical (unpaired) electrons. The van der Waals surface area contributed by atoms with Crippen molar-refractivity contribution in [2.75, 3.05) is 27.9 Å². The molecule has 2 bridgehead atoms. The summed E-state index contributed by atoms with van der Waals surface area (Å²) < 4.78 is 29.9. The van der Waals surface area contributed by atoms with Gasteiger partial charge in [-0.3, -0.25) is 14.4 Å². The van der Waals surface area contributed by atoms with Gasteiger partial charge in [0.25, 0.3) is 11.7 Å². The van der Waals surface area contributed by atoms with Gasteiger partial charge in [-0.1, -0.05) is 44.6 Å². The number of amides is 1. The number of hydrogen-bond acceptors (Lipinski definition) is 12. The lowest BCUT2D eigenvalue weighted by molar-refractivity contribution is -0.302. The third kappa shape index (κ3) is 11.3. The lowest BCUT2D eigenvalue weighted by Crippen LogP contribution is -2.64. The van der Waals surface area contributed by atoms with Gasteiger partial charge in [0.15, 0.2) is 0 Å². The number of nitrogens with zero attached hydrogens (tertiary/aromatic N) is 1. The summed E-state index contributed by atoms with van der Waals surface area (Å²) in [6.07, 6.45) is 4.67. The number of hydrogen-bond donors (Lipinski definition) is 3. The molecule has 3 aliphatic heterocycles. The Labute approximate surface area is 339 Å². The minimum absolute atomic E-state index is 0.0107. The molecule has 1 aliphatic carbocycles. The van der Waals surface area contributed by atoms with E-state index in [-0.39, 0.29) is 43.4 Å². The first-order chi connectivity index (χ1) is 27.0. The third-order valence-electron chi connectivity index (χ3n) is 12.9. The number of ether oxygens (including phenoxy) is 5. The summed E-state index contributed by atoms with van der Waals surface area (Å²) in [4.78, 5) is 57.7. The fraction of sp³-hybridized carbons (Fsp3) is 0.773. The Balaban J connectivity index is 1.78. The Morgan fingerprint density at radius 2 is 1.54 bits per heavy atom. The number of methoxy groups -OCH3 is 3. The first-order valence-electron chi connectivity index (χ1n) is 20.9. The maximum absolute atomic E-state index is 14.3. The molecule has 0 aromatic carbocycles. The highest BCUT2D eigenvalue weighted by Gasteiger charge is 2.56. The first kappa shape index (κ1) is 46.9. The number of allylic oxidation sites excluding steroid dienone is 3. The Bertz CT molecular complexity index is 1480. The van der Waals surface area contributed by atoms with Crippen LogP contribution in [0.25, 0.3) is 0 Å². The third-order valence-corrected chi connectivity index (χ3v) is 12.9. The average Bonchev–Trinajstić information content (AvgIpc) is 3.18. The van der Waals surface area contributed by atoms with Gasteiger partial charge >= 0.3 is 5.97 Å². The van der Waals surface area contributed by atoms with Crippen LogP contribution < -0.4 is 0 Å². The molecule has 3 N–H and O–H groups in total. The van der Waals surface area contributed by atoms with Crippen LogP contribution in [-0.2, 0) is 42.9 Å². The summed E-state index contributed by atoms with van der Waals surface area (Å²) in [7, 11) is 4.58. The van der Waals surface area contributed by atoms with Crippen LogP contribution in [0.1, 0.15) is 105 Å². The zero-order valence-corrected chi connectivity index (χ0v) is 35.4. The highest BCUT2D eigenvalue weighted by atomic mass is 16.7. The molecule has 1 saturated carbocycles. The molecule has 57 heavy (non-hydrogen) atoms. The summed E-state index contributed by atoms with van der Waals surface area (Å²) in [5.41, 5.74) is 1.62. The Morgan fingerprint density at radius 1 is 0.877 bits per heavy atom. The molecule has 0 unspecified atom stereocenters. The molecule has 4 rings (SSSR count). The average molecular weight is 804 g/mol. The van der Waals surface area contributed by atoms with Crippen LogP contribution in [0.3, 0.4) is 0 Å². The van der Waals surface area contributed by atoms with Gasteiger partial charge in [-0.15, -0.1) is 6.58 Å². The van der Waals surface area contributed by atoms with E-state index >= 15 is 0 Å². The van der Waals surface area contributed by atoms with Crippen molar-refractivity contribution in [1.29, 1.82) is 0 Å². The molecule has 0 aromatic rings. The van der Waals surface area contributed by atoms with E-state index < -0.39 is 90.0 Å². The zero-order valence-electron chi connectivity index (χ0n) is 35.4. The standard InChI is InChI=1S/C44H69NO12/c1-10-13-30-19-25(2)18-26(3)20-37(54-8)40-38(55-9)22-29(6)44(52,57-40)41(49)42(50)45-17-12-11-14-32(45)43(51)56-39(31-15-16-33(46)36(23-31)53-7)28(5)21-27(4)34(47)24-35(30)48/h10,19,21,26-27,29-34,36-40,46-47,52H,1,11-18,20,22-24H2,2-9H3/b25-19-,28-21-/t26-,27-,29+,30+,31+,32-,33+,34-,36+,37-,38-,39-,40+,44+/m0/s1. The number of fused-ring (bicyclic) bond motifs is 3. The molecule has 3 heterocycles. The number of esters is 1. The second-order valence-corrected chi connectivity index (χ2v) is 17.3. The number of carbonyl (C=O) groups is 4. The van der Waals surface area contributed by atoms with Crippen molar-refractivity contribution < 1.29 is 58.2 Å². The predicted octanol–water partition coefficient (Wildman–Crippen LogP) is 4.64. The van der Waals surface area contributed by atoms with Gasteiger partial charge in [0, 0.05) is 58.0 Å². The summed E-state index contributed by atoms with van der Waals surface area (Å²) >= 11 is 0. The smallest absolute Gasteiger partial charge is 0.329 e. The minimum Gasteiger partial charge on any atom is -0.456 e. The number of aliphatic hydroxyl groups is 3. The molecule has 14 atom stereocenters. The second kappa shape index (κ2) is 21.0. The van der Waals surface area contributed by atoms with E-state index in [2.05, 4.69) is 6.58 Å². The molecular formula is C44H69NO12. The van der Waals surface area contributed by atoms with E-state index in [1.54, 1.807) is 13.0 Å². The maximum Gasteiger partial charge on any atom is 0.329 e. The van der Waals surface area contributed by atoms with Crippen molar-refractivity contribution in [3.05, 3.63) is 36.0 Å². The van der Waals surface area contributed by atoms with Crippen LogP contribution >= 0.6 is 0 Å². The summed E-state index contributed by atoms with van der Waals surface area (Å²) in [6.45, 7) is 13.2. The molecule has 0 spiro atoms. The topological polar surface area (TPSA) is 178 Å². The fourth-order valence-corrected chi connectivity index (χ4v) is 9.45. The minimum atomic E-state index is -2.51. The van der Waals surface area contributed by atoms with Gasteiger partial charge in [-0.05, 0) is 89.5 Å². The van der Waals surface area contributed by atoms with E-state index in [0.29, 0.717) is 56.9 Å². The predicted molar refractivity (Wildman–Crippen MR) is 213 cm³/mol. The molecule has 0 aromatic heterocycles. The summed E-state index contributed by atoms with van der Waals surface area (Å²) in [5, 5.41) is 34.0. The van der Waals surface area contributed by atoms with E-state index in [1.807, 2.05) is 39.8 Å². The number of cyclic esters (lactones) is 1. The second-order valence-electron chi connectivity index (χ2n) is 17.3. The highest BCUT2D eigenvalue weighted by Crippen LogP contribution is 2.39. The fourth-order valence-electron chi connectivity index (χ4n) is 9.45. The SMILES string of the molecule is C=CC[C@@H]1/C=C(/C)C[C@H](C)C[C@H](OC)[C@H]2O[C@@](O)(C(=O)C(=O)N3CCCC[C@H]3C(=O)O[C@H]([C@@H]3CC[C@@H](O)[C@H](OC)C3)/C(C)=C\[C@H](C)[C@@H](O)CC1=O)[C@H](C)C[C@@H]2OC. The van der Waals surface area contributed by atoms with E-state index in [4.69, 9.17) is 23.7 Å². The lowest BCUT2D eigenvalue weighted by Gasteiger charge is -2.47. The molecule has 4 aliphatic rings. The molecule has 2 saturated heterocycles. The molecule has 322 valence electrons. The highest BCUT2D eigenvalue weighted by molar-refractivity contribution is 6.39. The van der Waals surface area contributed by atoms with Crippen molar-refractivity contribution in [1.82, 2.24) is 4.90 Å². The van der Waals surface area contributed by atoms with E-state index in [9.17, 15) is 34.5 Å². The quantitative estimate of drug-likeness (QED) is 0.193. The summed E-state index contributed by atoms with van der Waals surface area (Å²) in [5.74, 6) is -7.58. The van der Waals surface area contributed by atoms with Crippen molar-refractivity contribution in [3.63, 3.8) is 0 Å². The monoisotopic (exact) mass is 803 g/mol. The number of ketones is 2. The van der Waals surface area contributed by atoms with Crippen LogP contribution in [0.4, 0.5) is 0 Å². The number of Topliss-reactive ketones (excluding diaryl/α,β-unsaturated/α-hetero) is 2. The Kier molecular flexibility index (Phi) is 17.2. The molecule has 1 amide bonds. The van der Waals surface area contributed by atoms with E-state index in [0.717, 1.165) is 5.57 Å². The normalized spacial score (nSPS) is 41.9. The van der Waals surface area contributed by atoms with Crippen molar-refractivity contribution in [2.45, 2.75) is 160 Å². The van der Waals surface area contributed by atoms with Gasteiger partial charge in [0.05, 0.1) is 30.5 Å². The van der Waals surface area contributed by atoms with Gasteiger partial charge < -0.3 is 43.9 Å². The molecular weight excluding hydrogens is 734 g/mol. The van der Waals surface area contributed by atoms with E-state index in [1.165, 1.54) is 26.2 Å². The van der Waals surface area contributed by atoms with Gasteiger partial charge in [-0.25, -0.2) is 4.79 Å². The van der Waals surface area contributed by atoms with Crippen LogP contribution in [-0.4, -0.2) is 126 Å². The number of carbonyl (C=O) groups excluding carboxylic acids is 4. The van der Waals surface area contributed by atoms with Crippen LogP contribution in [0.15, 0.2) is 36.0 Å². The van der Waals surface area contributed by atoms with Gasteiger partial charge in [0.2, 0.25) is 5.79 Å². The van der Waals surface area contributed by atoms with Crippen molar-refractivity contribution in [2.24, 2.45) is 29.6 Å². The van der Waals surface area contributed by atoms with Crippen molar-refractivity contribution in [3.8, 4) is 0 Å². The van der Waals surface area contributed by atoms with Crippen LogP contribution in [0, 0.1) is 29.6 Å². The van der Waals surface area contributed by atoms with Gasteiger partial charge in [0.1, 0.15) is 24.0 Å². The van der Waals surface area contributed by atoms with Crippen LogP contribution in [0.2, 0.25) is 0 Å².